The zero-order valence-electron chi connectivity index (χ0n) is 13.5. The smallest absolute Gasteiger partial charge is 0.160 e. The molecule has 0 aliphatic heterocycles. The Kier molecular flexibility index (Phi) is 3.19. The van der Waals surface area contributed by atoms with Gasteiger partial charge in [0.2, 0.25) is 0 Å². The van der Waals surface area contributed by atoms with Crippen LogP contribution in [0, 0.1) is 17.3 Å². The van der Waals surface area contributed by atoms with Crippen molar-refractivity contribution in [3.8, 4) is 11.5 Å². The molecule has 22 heavy (non-hydrogen) atoms. The molecule has 1 aromatic carbocycles. The number of fused-ring (bicyclic) bond motifs is 5. The van der Waals surface area contributed by atoms with Crippen molar-refractivity contribution in [2.75, 3.05) is 7.11 Å². The summed E-state index contributed by atoms with van der Waals surface area (Å²) in [6.45, 7) is 2.30. The van der Waals surface area contributed by atoms with Crippen LogP contribution >= 0.6 is 0 Å². The summed E-state index contributed by atoms with van der Waals surface area (Å²) in [6, 6.07) is 3.97. The standard InChI is InChI=1S/C19H26O3/c1-19-8-7-12-13(15(19)5-6-18(19)21)4-3-11-9-16(20)17(22-2)10-14(11)12/h9-10,12-13,15,18,20-21H,3-8H2,1-2H3/t12-,13+,15+,18+,19+/m1/s1. The van der Waals surface area contributed by atoms with Gasteiger partial charge in [0.15, 0.2) is 11.5 Å². The minimum Gasteiger partial charge on any atom is -0.504 e. The third-order valence-corrected chi connectivity index (χ3v) is 6.97. The number of phenols is 1. The highest BCUT2D eigenvalue weighted by molar-refractivity contribution is 5.49. The number of benzene rings is 1. The molecule has 0 saturated heterocycles. The van der Waals surface area contributed by atoms with Crippen LogP contribution in [0.25, 0.3) is 0 Å². The summed E-state index contributed by atoms with van der Waals surface area (Å²) < 4.78 is 5.32. The lowest BCUT2D eigenvalue weighted by Crippen LogP contribution is -2.43. The number of aromatic hydroxyl groups is 1. The first-order chi connectivity index (χ1) is 10.5. The van der Waals surface area contributed by atoms with Crippen molar-refractivity contribution in [3.63, 3.8) is 0 Å². The van der Waals surface area contributed by atoms with Gasteiger partial charge < -0.3 is 14.9 Å². The van der Waals surface area contributed by atoms with Crippen LogP contribution in [-0.4, -0.2) is 23.4 Å². The second kappa shape index (κ2) is 4.89. The van der Waals surface area contributed by atoms with E-state index in [9.17, 15) is 10.2 Å². The minimum absolute atomic E-state index is 0.116. The number of aliphatic hydroxyl groups excluding tert-OH is 1. The number of phenolic OH excluding ortho intramolecular Hbond substituents is 1. The highest BCUT2D eigenvalue weighted by atomic mass is 16.5. The van der Waals surface area contributed by atoms with Gasteiger partial charge in [0.1, 0.15) is 0 Å². The largest absolute Gasteiger partial charge is 0.504 e. The fourth-order valence-corrected chi connectivity index (χ4v) is 5.72. The maximum absolute atomic E-state index is 10.4. The molecule has 0 heterocycles. The van der Waals surface area contributed by atoms with E-state index >= 15 is 0 Å². The Morgan fingerprint density at radius 1 is 1.18 bits per heavy atom. The van der Waals surface area contributed by atoms with Crippen molar-refractivity contribution in [1.29, 1.82) is 0 Å². The fourth-order valence-electron chi connectivity index (χ4n) is 5.72. The van der Waals surface area contributed by atoms with Gasteiger partial charge in [-0.05, 0) is 85.0 Å². The van der Waals surface area contributed by atoms with Crippen LogP contribution in [0.1, 0.15) is 56.1 Å². The number of aryl methyl sites for hydroxylation is 1. The van der Waals surface area contributed by atoms with Crippen molar-refractivity contribution < 1.29 is 14.9 Å². The maximum Gasteiger partial charge on any atom is 0.160 e. The quantitative estimate of drug-likeness (QED) is 0.833. The Morgan fingerprint density at radius 3 is 2.77 bits per heavy atom. The molecule has 3 nitrogen and oxygen atoms in total. The Morgan fingerprint density at radius 2 is 2.00 bits per heavy atom. The SMILES string of the molecule is COc1cc2c(cc1O)CC[C@H]1[C@H]2CC[C@]2(C)[C@@H](O)CC[C@@H]12. The van der Waals surface area contributed by atoms with E-state index in [1.54, 1.807) is 7.11 Å². The number of hydrogen-bond acceptors (Lipinski definition) is 3. The van der Waals surface area contributed by atoms with Crippen molar-refractivity contribution in [1.82, 2.24) is 0 Å². The van der Waals surface area contributed by atoms with Crippen LogP contribution in [-0.2, 0) is 6.42 Å². The van der Waals surface area contributed by atoms with Gasteiger partial charge in [0.05, 0.1) is 13.2 Å². The minimum atomic E-state index is -0.116. The molecular formula is C19H26O3. The molecule has 3 heteroatoms. The van der Waals surface area contributed by atoms with Crippen LogP contribution in [0.3, 0.4) is 0 Å². The first-order valence-electron chi connectivity index (χ1n) is 8.62. The summed E-state index contributed by atoms with van der Waals surface area (Å²) in [6.07, 6.45) is 6.51. The monoisotopic (exact) mass is 302 g/mol. The van der Waals surface area contributed by atoms with E-state index in [1.807, 2.05) is 6.07 Å². The molecule has 2 N–H and O–H groups in total. The number of rotatable bonds is 1. The van der Waals surface area contributed by atoms with E-state index in [2.05, 4.69) is 13.0 Å². The number of methoxy groups -OCH3 is 1. The van der Waals surface area contributed by atoms with Gasteiger partial charge in [-0.1, -0.05) is 6.92 Å². The van der Waals surface area contributed by atoms with E-state index in [-0.39, 0.29) is 17.3 Å². The predicted octanol–water partition coefficient (Wildman–Crippen LogP) is 3.62. The highest BCUT2D eigenvalue weighted by Gasteiger charge is 2.54. The molecule has 3 aliphatic rings. The molecule has 2 fully saturated rings. The van der Waals surface area contributed by atoms with Crippen LogP contribution < -0.4 is 4.74 Å². The van der Waals surface area contributed by atoms with Crippen LogP contribution in [0.5, 0.6) is 11.5 Å². The van der Waals surface area contributed by atoms with E-state index in [1.165, 1.54) is 24.0 Å². The number of hydrogen-bond donors (Lipinski definition) is 2. The number of ether oxygens (including phenoxy) is 1. The Balaban J connectivity index is 1.72. The maximum atomic E-state index is 10.4. The summed E-state index contributed by atoms with van der Waals surface area (Å²) in [5.74, 6) is 2.75. The van der Waals surface area contributed by atoms with E-state index in [0.29, 0.717) is 23.5 Å². The average molecular weight is 302 g/mol. The highest BCUT2D eigenvalue weighted by Crippen LogP contribution is 2.61. The second-order valence-corrected chi connectivity index (χ2v) is 7.78. The molecule has 5 atom stereocenters. The number of aliphatic hydroxyl groups is 1. The van der Waals surface area contributed by atoms with E-state index in [4.69, 9.17) is 4.74 Å². The summed E-state index contributed by atoms with van der Waals surface area (Å²) in [5, 5.41) is 20.5. The Labute approximate surface area is 132 Å². The fraction of sp³-hybridized carbons (Fsp3) is 0.684. The molecule has 0 spiro atoms. The molecule has 4 rings (SSSR count). The summed E-state index contributed by atoms with van der Waals surface area (Å²) in [7, 11) is 1.62. The third-order valence-electron chi connectivity index (χ3n) is 6.97. The van der Waals surface area contributed by atoms with Gasteiger partial charge in [-0.2, -0.15) is 0 Å². The first-order valence-corrected chi connectivity index (χ1v) is 8.62. The van der Waals surface area contributed by atoms with Gasteiger partial charge >= 0.3 is 0 Å². The average Bonchev–Trinajstić information content (AvgIpc) is 2.82. The molecule has 0 bridgehead atoms. The summed E-state index contributed by atoms with van der Waals surface area (Å²) in [4.78, 5) is 0. The molecular weight excluding hydrogens is 276 g/mol. The van der Waals surface area contributed by atoms with Crippen molar-refractivity contribution >= 4 is 0 Å². The van der Waals surface area contributed by atoms with Crippen molar-refractivity contribution in [2.45, 2.75) is 57.5 Å². The van der Waals surface area contributed by atoms with Crippen LogP contribution in [0.4, 0.5) is 0 Å². The lowest BCUT2D eigenvalue weighted by molar-refractivity contribution is -0.0226. The van der Waals surface area contributed by atoms with Crippen LogP contribution in [0.15, 0.2) is 12.1 Å². The predicted molar refractivity (Wildman–Crippen MR) is 85.3 cm³/mol. The normalized spacial score (nSPS) is 39.8. The molecule has 0 radical (unpaired) electrons. The topological polar surface area (TPSA) is 49.7 Å². The second-order valence-electron chi connectivity index (χ2n) is 7.78. The van der Waals surface area contributed by atoms with Gasteiger partial charge in [-0.15, -0.1) is 0 Å². The molecule has 0 unspecified atom stereocenters. The first kappa shape index (κ1) is 14.4. The van der Waals surface area contributed by atoms with Crippen molar-refractivity contribution in [3.05, 3.63) is 23.3 Å². The summed E-state index contributed by atoms with van der Waals surface area (Å²) in [5.41, 5.74) is 2.80. The van der Waals surface area contributed by atoms with E-state index in [0.717, 1.165) is 25.7 Å². The molecule has 120 valence electrons. The zero-order chi connectivity index (χ0) is 15.5. The molecule has 0 amide bonds. The van der Waals surface area contributed by atoms with Gasteiger partial charge in [0.25, 0.3) is 0 Å². The van der Waals surface area contributed by atoms with E-state index < -0.39 is 0 Å². The molecule has 0 aromatic heterocycles. The van der Waals surface area contributed by atoms with Gasteiger partial charge in [0, 0.05) is 0 Å². The molecule has 1 aromatic rings. The van der Waals surface area contributed by atoms with Crippen molar-refractivity contribution in [2.24, 2.45) is 17.3 Å². The van der Waals surface area contributed by atoms with Gasteiger partial charge in [-0.3, -0.25) is 0 Å². The van der Waals surface area contributed by atoms with Gasteiger partial charge in [-0.25, -0.2) is 0 Å². The molecule has 2 saturated carbocycles. The molecule has 3 aliphatic carbocycles. The Bertz CT molecular complexity index is 597. The zero-order valence-corrected chi connectivity index (χ0v) is 13.5. The van der Waals surface area contributed by atoms with Crippen LogP contribution in [0.2, 0.25) is 0 Å². The Hall–Kier alpha value is -1.22. The lowest BCUT2D eigenvalue weighted by Gasteiger charge is -2.50. The lowest BCUT2D eigenvalue weighted by atomic mass is 9.55. The third kappa shape index (κ3) is 1.84. The summed E-state index contributed by atoms with van der Waals surface area (Å²) >= 11 is 0.